The molecule has 4 aromatic carbocycles. The van der Waals surface area contributed by atoms with Gasteiger partial charge in [0.25, 0.3) is 0 Å². The van der Waals surface area contributed by atoms with Crippen LogP contribution in [0, 0.1) is 11.8 Å². The van der Waals surface area contributed by atoms with Crippen molar-refractivity contribution < 1.29 is 14.3 Å². The molecule has 1 aliphatic heterocycles. The zero-order valence-corrected chi connectivity index (χ0v) is 21.9. The predicted octanol–water partition coefficient (Wildman–Crippen LogP) is 6.21. The van der Waals surface area contributed by atoms with Crippen molar-refractivity contribution in [3.05, 3.63) is 125 Å². The van der Waals surface area contributed by atoms with Crippen LogP contribution in [-0.4, -0.2) is 25.1 Å². The van der Waals surface area contributed by atoms with Crippen molar-refractivity contribution in [3.8, 4) is 5.75 Å². The van der Waals surface area contributed by atoms with Crippen LogP contribution in [0.2, 0.25) is 0 Å². The maximum atomic E-state index is 14.4. The molecular weight excluding hydrogens is 484 g/mol. The lowest BCUT2D eigenvalue weighted by atomic mass is 9.47. The molecule has 0 aromatic heterocycles. The summed E-state index contributed by atoms with van der Waals surface area (Å²) in [6, 6.07) is 31.8. The number of aryl methyl sites for hydroxylation is 1. The van der Waals surface area contributed by atoms with Gasteiger partial charge < -0.3 is 4.74 Å². The normalized spacial score (nSPS) is 24.6. The highest BCUT2D eigenvalue weighted by Crippen LogP contribution is 2.63. The van der Waals surface area contributed by atoms with Crippen LogP contribution in [0.25, 0.3) is 0 Å². The highest BCUT2D eigenvalue weighted by Gasteiger charge is 2.67. The Morgan fingerprint density at radius 1 is 0.821 bits per heavy atom. The number of nitrogens with zero attached hydrogens (tertiary/aromatic N) is 2. The van der Waals surface area contributed by atoms with Crippen molar-refractivity contribution in [2.45, 2.75) is 24.7 Å². The van der Waals surface area contributed by atoms with E-state index in [0.29, 0.717) is 11.4 Å². The van der Waals surface area contributed by atoms with Gasteiger partial charge in [-0.2, -0.15) is 0 Å². The Morgan fingerprint density at radius 2 is 1.44 bits per heavy atom. The van der Waals surface area contributed by atoms with E-state index >= 15 is 0 Å². The van der Waals surface area contributed by atoms with Crippen molar-refractivity contribution in [2.24, 2.45) is 16.8 Å². The van der Waals surface area contributed by atoms with Crippen LogP contribution in [0.4, 0.5) is 11.4 Å². The van der Waals surface area contributed by atoms with E-state index in [0.717, 1.165) is 34.4 Å². The number of rotatable bonds is 5. The second-order valence-corrected chi connectivity index (χ2v) is 10.5. The van der Waals surface area contributed by atoms with Crippen LogP contribution in [0.1, 0.15) is 40.7 Å². The Hall–Kier alpha value is -4.51. The van der Waals surface area contributed by atoms with Crippen molar-refractivity contribution in [1.29, 1.82) is 0 Å². The van der Waals surface area contributed by atoms with Gasteiger partial charge in [-0.05, 0) is 70.6 Å². The van der Waals surface area contributed by atoms with E-state index in [1.54, 1.807) is 31.4 Å². The first-order valence-corrected chi connectivity index (χ1v) is 13.4. The molecule has 2 atom stereocenters. The standard InChI is InChI=1S/C34H28N2O3/c1-3-21-12-14-22(15-13-21)35-20-34-27-10-6-4-8-25(27)29(26-9-5-7-11-28(26)34)30-31(34)33(38)36(32(30)37)23-16-18-24(39-2)19-17-23/h4-20,29-31H,3H2,1-2H3/t29?,30-,31+,34?/m0/s1. The zero-order valence-electron chi connectivity index (χ0n) is 21.9. The van der Waals surface area contributed by atoms with E-state index in [-0.39, 0.29) is 17.7 Å². The number of hydrogen-bond acceptors (Lipinski definition) is 4. The minimum absolute atomic E-state index is 0.158. The number of amides is 2. The summed E-state index contributed by atoms with van der Waals surface area (Å²) in [6.07, 6.45) is 2.90. The SMILES string of the molecule is CCc1ccc(N=CC23c4ccccc4C(c4ccccc42)[C@@H]2C(=O)N(c4ccc(OC)cc4)C(=O)[C@@H]23)cc1. The molecule has 39 heavy (non-hydrogen) atoms. The first kappa shape index (κ1) is 23.6. The van der Waals surface area contributed by atoms with Crippen LogP contribution < -0.4 is 9.64 Å². The third kappa shape index (κ3) is 3.22. The van der Waals surface area contributed by atoms with Gasteiger partial charge in [-0.3, -0.25) is 14.6 Å². The van der Waals surface area contributed by atoms with E-state index in [1.165, 1.54) is 10.5 Å². The summed E-state index contributed by atoms with van der Waals surface area (Å²) in [5.41, 5.74) is 6.07. The van der Waals surface area contributed by atoms with Gasteiger partial charge in [0.15, 0.2) is 0 Å². The molecule has 0 unspecified atom stereocenters. The van der Waals surface area contributed by atoms with E-state index in [9.17, 15) is 9.59 Å². The van der Waals surface area contributed by atoms with Crippen molar-refractivity contribution in [2.75, 3.05) is 12.0 Å². The molecular formula is C34H28N2O3. The number of aliphatic imine (C=N–C) groups is 1. The summed E-state index contributed by atoms with van der Waals surface area (Å²) in [5, 5.41) is 0. The maximum absolute atomic E-state index is 14.4. The molecule has 2 amide bonds. The fourth-order valence-corrected chi connectivity index (χ4v) is 7.03. The highest BCUT2D eigenvalue weighted by molar-refractivity contribution is 6.25. The van der Waals surface area contributed by atoms with Crippen LogP contribution in [0.5, 0.6) is 5.75 Å². The summed E-state index contributed by atoms with van der Waals surface area (Å²) >= 11 is 0. The molecule has 8 rings (SSSR count). The Kier molecular flexibility index (Phi) is 5.31. The van der Waals surface area contributed by atoms with E-state index < -0.39 is 17.3 Å². The Labute approximate surface area is 227 Å². The fraction of sp³-hybridized carbons (Fsp3) is 0.206. The molecule has 1 fully saturated rings. The highest BCUT2D eigenvalue weighted by atomic mass is 16.5. The number of ether oxygens (including phenoxy) is 1. The van der Waals surface area contributed by atoms with E-state index in [4.69, 9.17) is 9.73 Å². The number of hydrogen-bond donors (Lipinski definition) is 0. The number of benzene rings is 4. The summed E-state index contributed by atoms with van der Waals surface area (Å²) in [6.45, 7) is 2.13. The molecule has 0 radical (unpaired) electrons. The van der Waals surface area contributed by atoms with Crippen LogP contribution >= 0.6 is 0 Å². The molecule has 0 N–H and O–H groups in total. The predicted molar refractivity (Wildman–Crippen MR) is 152 cm³/mol. The lowest BCUT2D eigenvalue weighted by Gasteiger charge is -2.52. The molecule has 192 valence electrons. The fourth-order valence-electron chi connectivity index (χ4n) is 7.03. The van der Waals surface area contributed by atoms with Crippen molar-refractivity contribution in [1.82, 2.24) is 0 Å². The average Bonchev–Trinajstić information content (AvgIpc) is 3.27. The van der Waals surface area contributed by atoms with Crippen LogP contribution in [-0.2, 0) is 21.4 Å². The molecule has 5 heteroatoms. The average molecular weight is 513 g/mol. The van der Waals surface area contributed by atoms with Gasteiger partial charge in [0.05, 0.1) is 35.7 Å². The molecule has 3 aliphatic carbocycles. The minimum Gasteiger partial charge on any atom is -0.497 e. The van der Waals surface area contributed by atoms with E-state index in [1.807, 2.05) is 42.6 Å². The molecule has 2 bridgehead atoms. The van der Waals surface area contributed by atoms with Gasteiger partial charge in [-0.15, -0.1) is 0 Å². The number of carbonyl (C=O) groups is 2. The summed E-state index contributed by atoms with van der Waals surface area (Å²) < 4.78 is 5.31. The quantitative estimate of drug-likeness (QED) is 0.236. The number of carbonyl (C=O) groups excluding carboxylic acids is 2. The van der Waals surface area contributed by atoms with Gasteiger partial charge >= 0.3 is 0 Å². The first-order valence-electron chi connectivity index (χ1n) is 13.4. The summed E-state index contributed by atoms with van der Waals surface area (Å²) in [5.74, 6) is -0.973. The maximum Gasteiger partial charge on any atom is 0.239 e. The van der Waals surface area contributed by atoms with E-state index in [2.05, 4.69) is 43.3 Å². The zero-order chi connectivity index (χ0) is 26.7. The topological polar surface area (TPSA) is 59.0 Å². The largest absolute Gasteiger partial charge is 0.497 e. The van der Waals surface area contributed by atoms with Crippen LogP contribution in [0.3, 0.4) is 0 Å². The third-order valence-electron chi connectivity index (χ3n) is 8.78. The third-order valence-corrected chi connectivity index (χ3v) is 8.78. The van der Waals surface area contributed by atoms with Crippen molar-refractivity contribution >= 4 is 29.4 Å². The van der Waals surface area contributed by atoms with Crippen molar-refractivity contribution in [3.63, 3.8) is 0 Å². The molecule has 0 spiro atoms. The molecule has 0 saturated carbocycles. The second kappa shape index (κ2) is 8.77. The molecule has 1 heterocycles. The number of anilines is 1. The second-order valence-electron chi connectivity index (χ2n) is 10.5. The van der Waals surface area contributed by atoms with Gasteiger partial charge in [0.1, 0.15) is 5.75 Å². The minimum atomic E-state index is -0.871. The summed E-state index contributed by atoms with van der Waals surface area (Å²) in [4.78, 5) is 35.0. The lowest BCUT2D eigenvalue weighted by Crippen LogP contribution is -2.54. The Bertz CT molecular complexity index is 1590. The monoisotopic (exact) mass is 512 g/mol. The van der Waals surface area contributed by atoms with Gasteiger partial charge in [0.2, 0.25) is 11.8 Å². The number of imide groups is 1. The number of methoxy groups -OCH3 is 1. The van der Waals surface area contributed by atoms with Gasteiger partial charge in [-0.25, -0.2) is 4.90 Å². The Balaban J connectivity index is 1.45. The Morgan fingerprint density at radius 3 is 2.03 bits per heavy atom. The lowest BCUT2D eigenvalue weighted by molar-refractivity contribution is -0.122. The first-order chi connectivity index (χ1) is 19.1. The smallest absolute Gasteiger partial charge is 0.239 e. The van der Waals surface area contributed by atoms with Crippen LogP contribution in [0.15, 0.2) is 102 Å². The van der Waals surface area contributed by atoms with Gasteiger partial charge in [-0.1, -0.05) is 67.6 Å². The molecule has 1 saturated heterocycles. The van der Waals surface area contributed by atoms with Gasteiger partial charge in [0, 0.05) is 12.1 Å². The molecule has 4 aromatic rings. The molecule has 5 nitrogen and oxygen atoms in total. The summed E-state index contributed by atoms with van der Waals surface area (Å²) in [7, 11) is 1.60. The molecule has 4 aliphatic rings.